The fourth-order valence-electron chi connectivity index (χ4n) is 2.16. The summed E-state index contributed by atoms with van der Waals surface area (Å²) < 4.78 is 0. The van der Waals surface area contributed by atoms with Crippen LogP contribution in [0.5, 0.6) is 0 Å². The van der Waals surface area contributed by atoms with Crippen molar-refractivity contribution in [2.45, 2.75) is 19.8 Å². The Morgan fingerprint density at radius 1 is 1.43 bits per heavy atom. The van der Waals surface area contributed by atoms with E-state index in [9.17, 15) is 0 Å². The zero-order valence-corrected chi connectivity index (χ0v) is 9.50. The lowest BCUT2D eigenvalue weighted by Crippen LogP contribution is -2.39. The molecule has 1 unspecified atom stereocenters. The molecule has 3 nitrogen and oxygen atoms in total. The van der Waals surface area contributed by atoms with Gasteiger partial charge in [0.2, 0.25) is 0 Å². The summed E-state index contributed by atoms with van der Waals surface area (Å²) in [6.07, 6.45) is 2.61. The lowest BCUT2D eigenvalue weighted by Gasteiger charge is -2.33. The Labute approximate surface area is 87.5 Å². The van der Waals surface area contributed by atoms with Gasteiger partial charge < -0.3 is 15.3 Å². The predicted molar refractivity (Wildman–Crippen MR) is 59.3 cm³/mol. The van der Waals surface area contributed by atoms with Crippen molar-refractivity contribution in [2.24, 2.45) is 11.8 Å². The van der Waals surface area contributed by atoms with Gasteiger partial charge in [-0.3, -0.25) is 0 Å². The maximum Gasteiger partial charge on any atom is 0.0468 e. The molecule has 14 heavy (non-hydrogen) atoms. The third kappa shape index (κ3) is 3.95. The highest BCUT2D eigenvalue weighted by Gasteiger charge is 2.19. The number of aliphatic hydroxyl groups is 1. The molecule has 0 aromatic rings. The second-order valence-electron chi connectivity index (χ2n) is 4.59. The summed E-state index contributed by atoms with van der Waals surface area (Å²) in [5.74, 6) is 1.29. The smallest absolute Gasteiger partial charge is 0.0468 e. The molecule has 1 saturated heterocycles. The fourth-order valence-corrected chi connectivity index (χ4v) is 2.16. The molecule has 2 N–H and O–H groups in total. The monoisotopic (exact) mass is 200 g/mol. The molecular weight excluding hydrogens is 176 g/mol. The number of aliphatic hydroxyl groups excluding tert-OH is 1. The Morgan fingerprint density at radius 2 is 2.07 bits per heavy atom. The molecule has 1 rings (SSSR count). The van der Waals surface area contributed by atoms with Crippen molar-refractivity contribution >= 4 is 0 Å². The summed E-state index contributed by atoms with van der Waals surface area (Å²) in [7, 11) is 2.03. The van der Waals surface area contributed by atoms with Crippen LogP contribution in [-0.2, 0) is 0 Å². The van der Waals surface area contributed by atoms with E-state index in [-0.39, 0.29) is 0 Å². The van der Waals surface area contributed by atoms with Crippen LogP contribution in [0.4, 0.5) is 0 Å². The second-order valence-corrected chi connectivity index (χ2v) is 4.59. The van der Waals surface area contributed by atoms with Crippen LogP contribution in [-0.4, -0.2) is 49.8 Å². The second kappa shape index (κ2) is 6.38. The Bertz CT molecular complexity index is 144. The highest BCUT2D eigenvalue weighted by molar-refractivity contribution is 4.74. The lowest BCUT2D eigenvalue weighted by atomic mass is 9.96. The summed E-state index contributed by atoms with van der Waals surface area (Å²) in [4.78, 5) is 2.48. The zero-order chi connectivity index (χ0) is 10.4. The standard InChI is InChI=1S/C11H24N2O/c1-10(9-14)8-13-5-3-11(4-6-13)7-12-2/h10-12,14H,3-9H2,1-2H3. The van der Waals surface area contributed by atoms with E-state index in [4.69, 9.17) is 5.11 Å². The van der Waals surface area contributed by atoms with Crippen LogP contribution in [0.25, 0.3) is 0 Å². The van der Waals surface area contributed by atoms with E-state index in [1.54, 1.807) is 0 Å². The largest absolute Gasteiger partial charge is 0.396 e. The number of piperidine rings is 1. The summed E-state index contributed by atoms with van der Waals surface area (Å²) in [6.45, 7) is 7.05. The number of nitrogens with one attached hydrogen (secondary N) is 1. The molecule has 1 heterocycles. The van der Waals surface area contributed by atoms with E-state index in [1.165, 1.54) is 25.9 Å². The molecule has 1 atom stereocenters. The molecule has 0 aliphatic carbocycles. The Balaban J connectivity index is 2.15. The van der Waals surface area contributed by atoms with Gasteiger partial charge in [-0.2, -0.15) is 0 Å². The Hall–Kier alpha value is -0.120. The van der Waals surface area contributed by atoms with Crippen molar-refractivity contribution < 1.29 is 5.11 Å². The highest BCUT2D eigenvalue weighted by Crippen LogP contribution is 2.16. The van der Waals surface area contributed by atoms with Crippen LogP contribution in [0.1, 0.15) is 19.8 Å². The van der Waals surface area contributed by atoms with Gasteiger partial charge in [-0.25, -0.2) is 0 Å². The van der Waals surface area contributed by atoms with Crippen molar-refractivity contribution in [1.29, 1.82) is 0 Å². The predicted octanol–water partition coefficient (Wildman–Crippen LogP) is 0.546. The number of hydrogen-bond donors (Lipinski definition) is 2. The third-order valence-corrected chi connectivity index (χ3v) is 3.08. The Morgan fingerprint density at radius 3 is 2.57 bits per heavy atom. The van der Waals surface area contributed by atoms with Crippen molar-refractivity contribution in [3.8, 4) is 0 Å². The molecule has 0 saturated carbocycles. The maximum absolute atomic E-state index is 8.96. The van der Waals surface area contributed by atoms with E-state index in [0.29, 0.717) is 12.5 Å². The molecule has 0 aromatic heterocycles. The minimum Gasteiger partial charge on any atom is -0.396 e. The molecule has 0 spiro atoms. The molecule has 0 aromatic carbocycles. The van der Waals surface area contributed by atoms with Gasteiger partial charge in [0.05, 0.1) is 0 Å². The zero-order valence-electron chi connectivity index (χ0n) is 9.50. The summed E-state index contributed by atoms with van der Waals surface area (Å²) in [6, 6.07) is 0. The number of hydrogen-bond acceptors (Lipinski definition) is 3. The van der Waals surface area contributed by atoms with Crippen LogP contribution in [0.15, 0.2) is 0 Å². The van der Waals surface area contributed by atoms with Crippen molar-refractivity contribution in [2.75, 3.05) is 39.8 Å². The first kappa shape index (κ1) is 12.0. The number of nitrogens with zero attached hydrogens (tertiary/aromatic N) is 1. The van der Waals surface area contributed by atoms with Crippen molar-refractivity contribution in [3.05, 3.63) is 0 Å². The average molecular weight is 200 g/mol. The first-order valence-electron chi connectivity index (χ1n) is 5.74. The first-order valence-corrected chi connectivity index (χ1v) is 5.74. The topological polar surface area (TPSA) is 35.5 Å². The van der Waals surface area contributed by atoms with E-state index < -0.39 is 0 Å². The lowest BCUT2D eigenvalue weighted by molar-refractivity contribution is 0.135. The van der Waals surface area contributed by atoms with Crippen molar-refractivity contribution in [1.82, 2.24) is 10.2 Å². The van der Waals surface area contributed by atoms with E-state index in [0.717, 1.165) is 19.0 Å². The van der Waals surface area contributed by atoms with Crippen LogP contribution >= 0.6 is 0 Å². The van der Waals surface area contributed by atoms with Gasteiger partial charge in [0.15, 0.2) is 0 Å². The van der Waals surface area contributed by atoms with E-state index in [2.05, 4.69) is 17.1 Å². The minimum absolute atomic E-state index is 0.316. The molecule has 0 amide bonds. The van der Waals surface area contributed by atoms with Gasteiger partial charge in [0.25, 0.3) is 0 Å². The number of rotatable bonds is 5. The average Bonchev–Trinajstić information content (AvgIpc) is 2.21. The van der Waals surface area contributed by atoms with Gasteiger partial charge in [-0.1, -0.05) is 6.92 Å². The molecule has 3 heteroatoms. The van der Waals surface area contributed by atoms with Gasteiger partial charge in [-0.05, 0) is 51.4 Å². The maximum atomic E-state index is 8.96. The van der Waals surface area contributed by atoms with E-state index in [1.807, 2.05) is 7.05 Å². The van der Waals surface area contributed by atoms with Crippen LogP contribution in [0, 0.1) is 11.8 Å². The highest BCUT2D eigenvalue weighted by atomic mass is 16.3. The summed E-state index contributed by atoms with van der Waals surface area (Å²) >= 11 is 0. The van der Waals surface area contributed by atoms with Crippen LogP contribution in [0.2, 0.25) is 0 Å². The van der Waals surface area contributed by atoms with Gasteiger partial charge in [-0.15, -0.1) is 0 Å². The molecule has 1 fully saturated rings. The first-order chi connectivity index (χ1) is 6.76. The van der Waals surface area contributed by atoms with Crippen LogP contribution in [0.3, 0.4) is 0 Å². The summed E-state index contributed by atoms with van der Waals surface area (Å²) in [5, 5.41) is 12.2. The molecule has 0 bridgehead atoms. The van der Waals surface area contributed by atoms with Gasteiger partial charge >= 0.3 is 0 Å². The molecule has 1 aliphatic heterocycles. The number of likely N-dealkylation sites (tertiary alicyclic amines) is 1. The fraction of sp³-hybridized carbons (Fsp3) is 1.00. The normalized spacial score (nSPS) is 22.5. The minimum atomic E-state index is 0.316. The molecule has 0 radical (unpaired) electrons. The van der Waals surface area contributed by atoms with Crippen LogP contribution < -0.4 is 5.32 Å². The Kier molecular flexibility index (Phi) is 5.45. The van der Waals surface area contributed by atoms with E-state index >= 15 is 0 Å². The summed E-state index contributed by atoms with van der Waals surface area (Å²) in [5.41, 5.74) is 0. The van der Waals surface area contributed by atoms with Crippen molar-refractivity contribution in [3.63, 3.8) is 0 Å². The molecule has 84 valence electrons. The molecule has 1 aliphatic rings. The quantitative estimate of drug-likeness (QED) is 0.680. The SMILES string of the molecule is CNCC1CCN(CC(C)CO)CC1. The van der Waals surface area contributed by atoms with Gasteiger partial charge in [0.1, 0.15) is 0 Å². The van der Waals surface area contributed by atoms with Gasteiger partial charge in [0, 0.05) is 13.2 Å². The third-order valence-electron chi connectivity index (χ3n) is 3.08. The molecular formula is C11H24N2O.